The molecule has 0 aliphatic rings. The van der Waals surface area contributed by atoms with E-state index in [0.717, 1.165) is 24.3 Å². The topological polar surface area (TPSA) is 57.5 Å². The summed E-state index contributed by atoms with van der Waals surface area (Å²) in [7, 11) is 0. The van der Waals surface area contributed by atoms with Crippen molar-refractivity contribution in [2.24, 2.45) is 0 Å². The number of carbonyl (C=O) groups is 1. The van der Waals surface area contributed by atoms with E-state index in [2.05, 4.69) is 0 Å². The number of hydrogen-bond donors (Lipinski definition) is 2. The predicted molar refractivity (Wildman–Crippen MR) is 44.3 cm³/mol. The first-order valence-electron chi connectivity index (χ1n) is 3.81. The van der Waals surface area contributed by atoms with Gasteiger partial charge < -0.3 is 10.2 Å². The van der Waals surface area contributed by atoms with Crippen LogP contribution in [0.2, 0.25) is 0 Å². The minimum Gasteiger partial charge on any atom is -0.508 e. The first-order chi connectivity index (χ1) is 6.42. The van der Waals surface area contributed by atoms with Crippen LogP contribution >= 0.6 is 0 Å². The normalized spacial score (nSPS) is 11.3. The molecule has 0 spiro atoms. The van der Waals surface area contributed by atoms with Crippen LogP contribution in [0, 0.1) is 0 Å². The summed E-state index contributed by atoms with van der Waals surface area (Å²) in [5.74, 6) is -5.11. The Morgan fingerprint density at radius 1 is 1.29 bits per heavy atom. The van der Waals surface area contributed by atoms with Crippen molar-refractivity contribution in [3.05, 3.63) is 29.8 Å². The van der Waals surface area contributed by atoms with Gasteiger partial charge in [0.25, 0.3) is 5.92 Å². The van der Waals surface area contributed by atoms with E-state index in [1.165, 1.54) is 0 Å². The molecule has 1 rings (SSSR count). The molecule has 14 heavy (non-hydrogen) atoms. The lowest BCUT2D eigenvalue weighted by molar-refractivity contribution is -0.145. The Bertz CT molecular complexity index is 332. The molecular weight excluding hydrogens is 194 g/mol. The van der Waals surface area contributed by atoms with Crippen LogP contribution in [0.25, 0.3) is 0 Å². The summed E-state index contributed by atoms with van der Waals surface area (Å²) in [5.41, 5.74) is -0.419. The Balaban J connectivity index is 2.91. The highest BCUT2D eigenvalue weighted by Gasteiger charge is 2.34. The highest BCUT2D eigenvalue weighted by Crippen LogP contribution is 2.32. The summed E-state index contributed by atoms with van der Waals surface area (Å²) >= 11 is 0. The number of aromatic hydroxyl groups is 1. The number of aliphatic carboxylic acids is 1. The van der Waals surface area contributed by atoms with Crippen molar-refractivity contribution < 1.29 is 23.8 Å². The Kier molecular flexibility index (Phi) is 2.69. The second kappa shape index (κ2) is 3.61. The molecule has 2 N–H and O–H groups in total. The number of rotatable bonds is 3. The monoisotopic (exact) mass is 202 g/mol. The number of phenolic OH excluding ortho intramolecular Hbond substituents is 1. The smallest absolute Gasteiger partial charge is 0.309 e. The minimum atomic E-state index is -3.40. The standard InChI is InChI=1S/C9H8F2O3/c10-9(11,5-8(13)14)6-1-3-7(12)4-2-6/h1-4,12H,5H2,(H,13,14). The Hall–Kier alpha value is -1.65. The maximum absolute atomic E-state index is 13.1. The lowest BCUT2D eigenvalue weighted by atomic mass is 10.1. The number of halogens is 2. The number of alkyl halides is 2. The molecule has 0 heterocycles. The van der Waals surface area contributed by atoms with Crippen molar-refractivity contribution in [2.75, 3.05) is 0 Å². The van der Waals surface area contributed by atoms with E-state index in [-0.39, 0.29) is 5.75 Å². The fourth-order valence-corrected chi connectivity index (χ4v) is 0.997. The van der Waals surface area contributed by atoms with Gasteiger partial charge in [-0.25, -0.2) is 8.78 Å². The lowest BCUT2D eigenvalue weighted by Crippen LogP contribution is -2.18. The molecule has 0 radical (unpaired) electrons. The third-order valence-electron chi connectivity index (χ3n) is 1.66. The molecule has 0 saturated heterocycles. The molecule has 5 heteroatoms. The van der Waals surface area contributed by atoms with E-state index in [1.54, 1.807) is 0 Å². The molecular formula is C9H8F2O3. The van der Waals surface area contributed by atoms with Crippen molar-refractivity contribution in [1.29, 1.82) is 0 Å². The zero-order valence-electron chi connectivity index (χ0n) is 7.08. The molecule has 1 aromatic carbocycles. The van der Waals surface area contributed by atoms with Crippen LogP contribution in [-0.4, -0.2) is 16.2 Å². The number of hydrogen-bond acceptors (Lipinski definition) is 2. The van der Waals surface area contributed by atoms with Gasteiger partial charge in [0.1, 0.15) is 12.2 Å². The number of carboxylic acids is 1. The Morgan fingerprint density at radius 3 is 2.21 bits per heavy atom. The van der Waals surface area contributed by atoms with Crippen molar-refractivity contribution in [1.82, 2.24) is 0 Å². The van der Waals surface area contributed by atoms with E-state index >= 15 is 0 Å². The molecule has 76 valence electrons. The summed E-state index contributed by atoms with van der Waals surface area (Å²) in [6, 6.07) is 4.17. The van der Waals surface area contributed by atoms with Crippen LogP contribution in [0.5, 0.6) is 5.75 Å². The third kappa shape index (κ3) is 2.42. The maximum Gasteiger partial charge on any atom is 0.309 e. The zero-order chi connectivity index (χ0) is 10.8. The second-order valence-electron chi connectivity index (χ2n) is 2.82. The van der Waals surface area contributed by atoms with Crippen LogP contribution in [-0.2, 0) is 10.7 Å². The fourth-order valence-electron chi connectivity index (χ4n) is 0.997. The SMILES string of the molecule is O=C(O)CC(F)(F)c1ccc(O)cc1. The van der Waals surface area contributed by atoms with Gasteiger partial charge in [0, 0.05) is 5.56 Å². The molecule has 0 bridgehead atoms. The first-order valence-corrected chi connectivity index (χ1v) is 3.81. The number of carboxylic acid groups (broad SMARTS) is 1. The first kappa shape index (κ1) is 10.4. The van der Waals surface area contributed by atoms with Crippen LogP contribution in [0.4, 0.5) is 8.78 Å². The fraction of sp³-hybridized carbons (Fsp3) is 0.222. The molecule has 0 aromatic heterocycles. The summed E-state index contributed by atoms with van der Waals surface area (Å²) in [5, 5.41) is 17.1. The minimum absolute atomic E-state index is 0.139. The van der Waals surface area contributed by atoms with Crippen molar-refractivity contribution in [2.45, 2.75) is 12.3 Å². The van der Waals surface area contributed by atoms with Gasteiger partial charge in [0.05, 0.1) is 0 Å². The quantitative estimate of drug-likeness (QED) is 0.787. The van der Waals surface area contributed by atoms with Gasteiger partial charge in [-0.2, -0.15) is 0 Å². The van der Waals surface area contributed by atoms with Gasteiger partial charge in [0.15, 0.2) is 0 Å². The summed E-state index contributed by atoms with van der Waals surface area (Å²) < 4.78 is 26.2. The summed E-state index contributed by atoms with van der Waals surface area (Å²) in [6.07, 6.45) is -1.25. The Morgan fingerprint density at radius 2 is 1.79 bits per heavy atom. The van der Waals surface area contributed by atoms with E-state index in [9.17, 15) is 13.6 Å². The highest BCUT2D eigenvalue weighted by molar-refractivity contribution is 5.68. The van der Waals surface area contributed by atoms with Gasteiger partial charge in [0.2, 0.25) is 0 Å². The molecule has 1 aromatic rings. The van der Waals surface area contributed by atoms with E-state index in [4.69, 9.17) is 10.2 Å². The van der Waals surface area contributed by atoms with Crippen LogP contribution < -0.4 is 0 Å². The molecule has 0 aliphatic carbocycles. The third-order valence-corrected chi connectivity index (χ3v) is 1.66. The van der Waals surface area contributed by atoms with E-state index in [1.807, 2.05) is 0 Å². The molecule has 0 unspecified atom stereocenters. The Labute approximate surface area is 78.6 Å². The largest absolute Gasteiger partial charge is 0.508 e. The predicted octanol–water partition coefficient (Wildman–Crippen LogP) is 1.96. The molecule has 0 fully saturated rings. The summed E-state index contributed by atoms with van der Waals surface area (Å²) in [4.78, 5) is 10.1. The molecule has 0 atom stereocenters. The van der Waals surface area contributed by atoms with Gasteiger partial charge in [-0.05, 0) is 24.3 Å². The van der Waals surface area contributed by atoms with E-state index in [0.29, 0.717) is 0 Å². The average Bonchev–Trinajstić information content (AvgIpc) is 2.02. The summed E-state index contributed by atoms with van der Waals surface area (Å²) in [6.45, 7) is 0. The van der Waals surface area contributed by atoms with Gasteiger partial charge in [-0.15, -0.1) is 0 Å². The van der Waals surface area contributed by atoms with E-state index < -0.39 is 23.9 Å². The van der Waals surface area contributed by atoms with Crippen molar-refractivity contribution in [3.63, 3.8) is 0 Å². The highest BCUT2D eigenvalue weighted by atomic mass is 19.3. The van der Waals surface area contributed by atoms with Gasteiger partial charge in [-0.3, -0.25) is 4.79 Å². The lowest BCUT2D eigenvalue weighted by Gasteiger charge is -2.13. The molecule has 0 saturated carbocycles. The van der Waals surface area contributed by atoms with Crippen LogP contribution in [0.1, 0.15) is 12.0 Å². The maximum atomic E-state index is 13.1. The number of phenols is 1. The van der Waals surface area contributed by atoms with Crippen LogP contribution in [0.3, 0.4) is 0 Å². The van der Waals surface area contributed by atoms with Gasteiger partial charge >= 0.3 is 5.97 Å². The number of benzene rings is 1. The zero-order valence-corrected chi connectivity index (χ0v) is 7.08. The second-order valence-corrected chi connectivity index (χ2v) is 2.82. The van der Waals surface area contributed by atoms with Crippen molar-refractivity contribution >= 4 is 5.97 Å². The van der Waals surface area contributed by atoms with Crippen LogP contribution in [0.15, 0.2) is 24.3 Å². The molecule has 0 aliphatic heterocycles. The average molecular weight is 202 g/mol. The molecule has 3 nitrogen and oxygen atoms in total. The van der Waals surface area contributed by atoms with Gasteiger partial charge in [-0.1, -0.05) is 0 Å². The van der Waals surface area contributed by atoms with Crippen molar-refractivity contribution in [3.8, 4) is 5.75 Å². The molecule has 0 amide bonds.